The van der Waals surface area contributed by atoms with Crippen LogP contribution in [0.4, 0.5) is 0 Å². The van der Waals surface area contributed by atoms with E-state index in [0.29, 0.717) is 16.0 Å². The van der Waals surface area contributed by atoms with Gasteiger partial charge in [0.25, 0.3) is 5.56 Å². The summed E-state index contributed by atoms with van der Waals surface area (Å²) in [6.45, 7) is 3.99. The van der Waals surface area contributed by atoms with Crippen LogP contribution >= 0.6 is 23.7 Å². The van der Waals surface area contributed by atoms with Gasteiger partial charge in [-0.05, 0) is 18.1 Å². The number of rotatable bonds is 3. The van der Waals surface area contributed by atoms with E-state index in [9.17, 15) is 4.79 Å². The van der Waals surface area contributed by atoms with E-state index in [1.54, 1.807) is 12.3 Å². The van der Waals surface area contributed by atoms with Crippen molar-refractivity contribution < 1.29 is 0 Å². The quantitative estimate of drug-likeness (QED) is 0.765. The van der Waals surface area contributed by atoms with Crippen LogP contribution in [0.25, 0.3) is 20.8 Å². The van der Waals surface area contributed by atoms with Crippen LogP contribution in [0.2, 0.25) is 0 Å². The molecular formula is C14H16ClN5OS. The molecule has 3 heterocycles. The van der Waals surface area contributed by atoms with E-state index in [2.05, 4.69) is 19.9 Å². The summed E-state index contributed by atoms with van der Waals surface area (Å²) >= 11 is 1.37. The van der Waals surface area contributed by atoms with Crippen LogP contribution < -0.4 is 11.3 Å². The molecule has 0 aliphatic rings. The van der Waals surface area contributed by atoms with Gasteiger partial charge in [0.1, 0.15) is 16.9 Å². The molecule has 3 aromatic rings. The highest BCUT2D eigenvalue weighted by molar-refractivity contribution is 7.22. The van der Waals surface area contributed by atoms with Gasteiger partial charge >= 0.3 is 0 Å². The van der Waals surface area contributed by atoms with Crippen molar-refractivity contribution in [1.82, 2.24) is 19.9 Å². The van der Waals surface area contributed by atoms with Crippen molar-refractivity contribution in [3.05, 3.63) is 40.8 Å². The molecule has 8 heteroatoms. The van der Waals surface area contributed by atoms with Gasteiger partial charge in [-0.1, -0.05) is 13.8 Å². The summed E-state index contributed by atoms with van der Waals surface area (Å²) in [5.41, 5.74) is 7.35. The average Bonchev–Trinajstić information content (AvgIpc) is 2.92. The van der Waals surface area contributed by atoms with Gasteiger partial charge < -0.3 is 10.7 Å². The minimum atomic E-state index is -0.287. The van der Waals surface area contributed by atoms with Crippen LogP contribution in [0.3, 0.4) is 0 Å². The molecule has 0 saturated heterocycles. The highest BCUT2D eigenvalue weighted by Gasteiger charge is 2.16. The maximum atomic E-state index is 12.2. The highest BCUT2D eigenvalue weighted by atomic mass is 35.5. The Morgan fingerprint density at radius 3 is 2.77 bits per heavy atom. The first kappa shape index (κ1) is 16.5. The van der Waals surface area contributed by atoms with Gasteiger partial charge in [-0.25, -0.2) is 15.0 Å². The fraction of sp³-hybridized carbons (Fsp3) is 0.286. The summed E-state index contributed by atoms with van der Waals surface area (Å²) in [4.78, 5) is 28.4. The molecule has 3 rings (SSSR count). The number of H-pyrrole nitrogens is 1. The summed E-state index contributed by atoms with van der Waals surface area (Å²) in [5.74, 6) is 0.722. The van der Waals surface area contributed by atoms with Crippen molar-refractivity contribution in [3.63, 3.8) is 0 Å². The smallest absolute Gasteiger partial charge is 0.268 e. The Labute approximate surface area is 137 Å². The molecule has 22 heavy (non-hydrogen) atoms. The molecule has 3 aromatic heterocycles. The SMILES string of the molecule is CC(C)C(N)c1nc2cc(-c3ccncn3)sc2c(=O)[nH]1.Cl. The Balaban J connectivity index is 0.00000176. The van der Waals surface area contributed by atoms with E-state index in [4.69, 9.17) is 5.73 Å². The molecule has 0 aromatic carbocycles. The summed E-state index contributed by atoms with van der Waals surface area (Å²) in [6.07, 6.45) is 3.15. The van der Waals surface area contributed by atoms with Crippen molar-refractivity contribution in [1.29, 1.82) is 0 Å². The maximum absolute atomic E-state index is 12.2. The van der Waals surface area contributed by atoms with Gasteiger partial charge in [0, 0.05) is 6.20 Å². The van der Waals surface area contributed by atoms with E-state index in [1.165, 1.54) is 17.7 Å². The second-order valence-electron chi connectivity index (χ2n) is 5.14. The molecule has 0 aliphatic heterocycles. The third kappa shape index (κ3) is 3.01. The summed E-state index contributed by atoms with van der Waals surface area (Å²) in [5, 5.41) is 0. The molecule has 3 N–H and O–H groups in total. The van der Waals surface area contributed by atoms with Gasteiger partial charge in [-0.15, -0.1) is 23.7 Å². The zero-order valence-electron chi connectivity index (χ0n) is 12.1. The standard InChI is InChI=1S/C14H15N5OS.ClH/c1-7(2)11(15)13-18-9-5-10(8-3-4-16-6-17-8)21-12(9)14(20)19-13;/h3-7,11H,15H2,1-2H3,(H,18,19,20);1H. The van der Waals surface area contributed by atoms with E-state index in [0.717, 1.165) is 10.6 Å². The molecule has 0 saturated carbocycles. The number of halogens is 1. The van der Waals surface area contributed by atoms with Crippen LogP contribution in [0.5, 0.6) is 0 Å². The van der Waals surface area contributed by atoms with Crippen molar-refractivity contribution in [2.45, 2.75) is 19.9 Å². The van der Waals surface area contributed by atoms with E-state index in [-0.39, 0.29) is 29.9 Å². The Morgan fingerprint density at radius 2 is 2.14 bits per heavy atom. The zero-order chi connectivity index (χ0) is 15.0. The van der Waals surface area contributed by atoms with Gasteiger partial charge in [0.2, 0.25) is 0 Å². The molecule has 0 radical (unpaired) electrons. The zero-order valence-corrected chi connectivity index (χ0v) is 13.7. The Bertz CT molecular complexity index is 830. The number of aromatic nitrogens is 4. The van der Waals surface area contributed by atoms with Crippen LogP contribution in [0.15, 0.2) is 29.5 Å². The summed E-state index contributed by atoms with van der Waals surface area (Å²) < 4.78 is 0.586. The Hall–Kier alpha value is -1.83. The van der Waals surface area contributed by atoms with Gasteiger partial charge in [0.15, 0.2) is 0 Å². The lowest BCUT2D eigenvalue weighted by atomic mass is 10.1. The number of nitrogens with two attached hydrogens (primary N) is 1. The number of nitrogens with zero attached hydrogens (tertiary/aromatic N) is 3. The molecule has 0 aliphatic carbocycles. The first-order valence-corrected chi connectivity index (χ1v) is 7.43. The first-order chi connectivity index (χ1) is 10.1. The predicted molar refractivity (Wildman–Crippen MR) is 90.3 cm³/mol. The number of nitrogens with one attached hydrogen (secondary N) is 1. The van der Waals surface area contributed by atoms with Crippen molar-refractivity contribution in [3.8, 4) is 10.6 Å². The summed E-state index contributed by atoms with van der Waals surface area (Å²) in [7, 11) is 0. The molecule has 1 unspecified atom stereocenters. The molecule has 0 bridgehead atoms. The van der Waals surface area contributed by atoms with E-state index < -0.39 is 0 Å². The molecule has 0 fully saturated rings. The first-order valence-electron chi connectivity index (χ1n) is 6.62. The third-order valence-electron chi connectivity index (χ3n) is 3.27. The van der Waals surface area contributed by atoms with Crippen molar-refractivity contribution >= 4 is 34.0 Å². The molecule has 0 amide bonds. The largest absolute Gasteiger partial charge is 0.321 e. The monoisotopic (exact) mass is 337 g/mol. The predicted octanol–water partition coefficient (Wildman–Crippen LogP) is 2.52. The van der Waals surface area contributed by atoms with Crippen LogP contribution in [0, 0.1) is 5.92 Å². The lowest BCUT2D eigenvalue weighted by Gasteiger charge is -2.13. The van der Waals surface area contributed by atoms with Gasteiger partial charge in [-0.3, -0.25) is 4.79 Å². The molecule has 6 nitrogen and oxygen atoms in total. The molecular weight excluding hydrogens is 322 g/mol. The topological polar surface area (TPSA) is 97.5 Å². The normalized spacial score (nSPS) is 12.4. The van der Waals surface area contributed by atoms with Gasteiger partial charge in [-0.2, -0.15) is 0 Å². The van der Waals surface area contributed by atoms with Crippen molar-refractivity contribution in [2.75, 3.05) is 0 Å². The number of thiophene rings is 1. The maximum Gasteiger partial charge on any atom is 0.268 e. The minimum Gasteiger partial charge on any atom is -0.321 e. The fourth-order valence-corrected chi connectivity index (χ4v) is 2.96. The third-order valence-corrected chi connectivity index (χ3v) is 4.42. The average molecular weight is 338 g/mol. The lowest BCUT2D eigenvalue weighted by molar-refractivity contribution is 0.491. The van der Waals surface area contributed by atoms with Crippen LogP contribution in [-0.4, -0.2) is 19.9 Å². The Kier molecular flexibility index (Phi) is 4.90. The van der Waals surface area contributed by atoms with Crippen LogP contribution in [0.1, 0.15) is 25.7 Å². The molecule has 1 atom stereocenters. The number of hydrogen-bond donors (Lipinski definition) is 2. The van der Waals surface area contributed by atoms with Crippen molar-refractivity contribution in [2.24, 2.45) is 11.7 Å². The lowest BCUT2D eigenvalue weighted by Crippen LogP contribution is -2.23. The second kappa shape index (κ2) is 6.51. The minimum absolute atomic E-state index is 0. The second-order valence-corrected chi connectivity index (χ2v) is 6.19. The fourth-order valence-electron chi connectivity index (χ4n) is 1.99. The number of aromatic amines is 1. The number of fused-ring (bicyclic) bond motifs is 1. The summed E-state index contributed by atoms with van der Waals surface area (Å²) in [6, 6.07) is 3.39. The van der Waals surface area contributed by atoms with E-state index >= 15 is 0 Å². The highest BCUT2D eigenvalue weighted by Crippen LogP contribution is 2.29. The Morgan fingerprint density at radius 1 is 1.36 bits per heavy atom. The molecule has 116 valence electrons. The number of hydrogen-bond acceptors (Lipinski definition) is 6. The van der Waals surface area contributed by atoms with E-state index in [1.807, 2.05) is 19.9 Å². The van der Waals surface area contributed by atoms with Gasteiger partial charge in [0.05, 0.1) is 22.1 Å². The van der Waals surface area contributed by atoms with Crippen LogP contribution in [-0.2, 0) is 0 Å². The molecule has 0 spiro atoms.